The zero-order chi connectivity index (χ0) is 10.3. The number of carbonyl (C=O) groups excluding carboxylic acids is 1. The summed E-state index contributed by atoms with van der Waals surface area (Å²) in [4.78, 5) is 11.0. The monoisotopic (exact) mass is 176 g/mol. The predicted octanol–water partition coefficient (Wildman–Crippen LogP) is 3.21. The second-order valence-electron chi connectivity index (χ2n) is 2.81. The molecule has 0 aliphatic carbocycles. The molecule has 0 radical (unpaired) electrons. The van der Waals surface area contributed by atoms with Gasteiger partial charge in [-0.05, 0) is 44.1 Å². The molecule has 0 heterocycles. The zero-order valence-corrected chi connectivity index (χ0v) is 8.50. The molecule has 0 spiro atoms. The smallest absolute Gasteiger partial charge is 0.178 e. The third-order valence-electron chi connectivity index (χ3n) is 1.72. The summed E-state index contributed by atoms with van der Waals surface area (Å²) in [5.41, 5.74) is 2.07. The van der Waals surface area contributed by atoms with Gasteiger partial charge in [0.1, 0.15) is 0 Å². The van der Waals surface area contributed by atoms with Crippen LogP contribution in [-0.2, 0) is 4.79 Å². The van der Waals surface area contributed by atoms with Crippen LogP contribution in [0.1, 0.15) is 20.8 Å². The molecule has 0 aromatic heterocycles. The normalized spacial score (nSPS) is 13.5. The van der Waals surface area contributed by atoms with Gasteiger partial charge in [0.05, 0.1) is 0 Å². The van der Waals surface area contributed by atoms with E-state index in [4.69, 9.17) is 0 Å². The third kappa shape index (κ3) is 4.96. The molecule has 0 saturated carbocycles. The highest BCUT2D eigenvalue weighted by molar-refractivity contribution is 5.99. The van der Waals surface area contributed by atoms with Gasteiger partial charge in [-0.25, -0.2) is 0 Å². The van der Waals surface area contributed by atoms with Gasteiger partial charge in [0, 0.05) is 0 Å². The molecule has 0 saturated heterocycles. The minimum Gasteiger partial charge on any atom is -0.290 e. The van der Waals surface area contributed by atoms with E-state index in [1.54, 1.807) is 6.08 Å². The van der Waals surface area contributed by atoms with Crippen LogP contribution in [0.15, 0.2) is 48.1 Å². The first-order valence-electron chi connectivity index (χ1n) is 4.26. The van der Waals surface area contributed by atoms with Crippen LogP contribution in [0.3, 0.4) is 0 Å². The van der Waals surface area contributed by atoms with Gasteiger partial charge >= 0.3 is 0 Å². The number of carbonyl (C=O) groups is 1. The van der Waals surface area contributed by atoms with E-state index in [1.165, 1.54) is 6.08 Å². The highest BCUT2D eigenvalue weighted by Gasteiger charge is 1.94. The second-order valence-corrected chi connectivity index (χ2v) is 2.81. The molecular weight excluding hydrogens is 160 g/mol. The topological polar surface area (TPSA) is 17.1 Å². The van der Waals surface area contributed by atoms with Gasteiger partial charge in [-0.2, -0.15) is 0 Å². The summed E-state index contributed by atoms with van der Waals surface area (Å²) in [6.07, 6.45) is 8.77. The predicted molar refractivity (Wildman–Crippen MR) is 57.5 cm³/mol. The molecule has 1 nitrogen and oxygen atoms in total. The van der Waals surface area contributed by atoms with E-state index < -0.39 is 0 Å². The number of rotatable bonds is 4. The first-order valence-corrected chi connectivity index (χ1v) is 4.26. The van der Waals surface area contributed by atoms with Crippen LogP contribution in [0.4, 0.5) is 0 Å². The lowest BCUT2D eigenvalue weighted by atomic mass is 10.1. The van der Waals surface area contributed by atoms with Crippen LogP contribution in [0, 0.1) is 0 Å². The molecule has 0 unspecified atom stereocenters. The molecule has 70 valence electrons. The third-order valence-corrected chi connectivity index (χ3v) is 1.72. The van der Waals surface area contributed by atoms with Crippen molar-refractivity contribution in [3.05, 3.63) is 48.1 Å². The first kappa shape index (κ1) is 11.6. The zero-order valence-electron chi connectivity index (χ0n) is 8.50. The molecule has 1 heteroatoms. The fraction of sp³-hybridized carbons (Fsp3) is 0.250. The Morgan fingerprint density at radius 1 is 1.23 bits per heavy atom. The Morgan fingerprint density at radius 2 is 1.85 bits per heavy atom. The molecule has 0 aliphatic rings. The lowest BCUT2D eigenvalue weighted by Crippen LogP contribution is -1.88. The number of hydrogen-bond donors (Lipinski definition) is 0. The van der Waals surface area contributed by atoms with E-state index in [0.29, 0.717) is 0 Å². The van der Waals surface area contributed by atoms with Crippen molar-refractivity contribution in [1.29, 1.82) is 0 Å². The van der Waals surface area contributed by atoms with Crippen molar-refractivity contribution in [2.75, 3.05) is 0 Å². The quantitative estimate of drug-likeness (QED) is 0.475. The highest BCUT2D eigenvalue weighted by atomic mass is 16.1. The van der Waals surface area contributed by atoms with Crippen LogP contribution < -0.4 is 0 Å². The van der Waals surface area contributed by atoms with Crippen LogP contribution in [0.25, 0.3) is 0 Å². The average molecular weight is 176 g/mol. The molecule has 13 heavy (non-hydrogen) atoms. The van der Waals surface area contributed by atoms with E-state index in [-0.39, 0.29) is 5.78 Å². The van der Waals surface area contributed by atoms with Crippen molar-refractivity contribution in [3.8, 4) is 0 Å². The summed E-state index contributed by atoms with van der Waals surface area (Å²) in [5.74, 6) is -0.0503. The van der Waals surface area contributed by atoms with Crippen LogP contribution in [-0.4, -0.2) is 5.78 Å². The van der Waals surface area contributed by atoms with Crippen LogP contribution in [0.2, 0.25) is 0 Å². The van der Waals surface area contributed by atoms with Gasteiger partial charge in [0.15, 0.2) is 5.78 Å². The first-order chi connectivity index (χ1) is 6.11. The van der Waals surface area contributed by atoms with E-state index in [1.807, 2.05) is 39.0 Å². The summed E-state index contributed by atoms with van der Waals surface area (Å²) in [7, 11) is 0. The molecule has 0 aromatic carbocycles. The molecule has 0 atom stereocenters. The Kier molecular flexibility index (Phi) is 5.53. The molecule has 0 rings (SSSR count). The summed E-state index contributed by atoms with van der Waals surface area (Å²) in [5, 5.41) is 0. The van der Waals surface area contributed by atoms with E-state index in [0.717, 1.165) is 11.1 Å². The summed E-state index contributed by atoms with van der Waals surface area (Å²) in [6.45, 7) is 9.25. The summed E-state index contributed by atoms with van der Waals surface area (Å²) < 4.78 is 0. The van der Waals surface area contributed by atoms with E-state index in [9.17, 15) is 4.79 Å². The highest BCUT2D eigenvalue weighted by Crippen LogP contribution is 2.08. The largest absolute Gasteiger partial charge is 0.290 e. The number of hydrogen-bond acceptors (Lipinski definition) is 1. The van der Waals surface area contributed by atoms with Crippen molar-refractivity contribution in [2.24, 2.45) is 0 Å². The second kappa shape index (κ2) is 6.18. The fourth-order valence-corrected chi connectivity index (χ4v) is 0.758. The van der Waals surface area contributed by atoms with Crippen molar-refractivity contribution in [3.63, 3.8) is 0 Å². The Labute approximate surface area is 80.2 Å². The van der Waals surface area contributed by atoms with Gasteiger partial charge in [-0.1, -0.05) is 24.8 Å². The number of allylic oxidation sites excluding steroid dienone is 7. The Morgan fingerprint density at radius 3 is 2.31 bits per heavy atom. The SMILES string of the molecule is C=CC(=O)/C=C(C)/C(C)=C/C=CC. The Hall–Kier alpha value is -1.37. The molecule has 0 aliphatic heterocycles. The van der Waals surface area contributed by atoms with Crippen molar-refractivity contribution in [2.45, 2.75) is 20.8 Å². The maximum absolute atomic E-state index is 11.0. The minimum absolute atomic E-state index is 0.0503. The van der Waals surface area contributed by atoms with E-state index >= 15 is 0 Å². The summed E-state index contributed by atoms with van der Waals surface area (Å²) >= 11 is 0. The lowest BCUT2D eigenvalue weighted by molar-refractivity contribution is -0.110. The van der Waals surface area contributed by atoms with E-state index in [2.05, 4.69) is 6.58 Å². The van der Waals surface area contributed by atoms with Crippen molar-refractivity contribution >= 4 is 5.78 Å². The average Bonchev–Trinajstić information content (AvgIpc) is 2.13. The van der Waals surface area contributed by atoms with Crippen molar-refractivity contribution < 1.29 is 4.79 Å². The standard InChI is InChI=1S/C12H16O/c1-5-7-8-10(3)11(4)9-12(13)6-2/h5-9H,2H2,1,3-4H3/b7-5?,10-8+,11-9+. The molecule has 0 N–H and O–H groups in total. The van der Waals surface area contributed by atoms with Gasteiger partial charge in [0.25, 0.3) is 0 Å². The Bertz CT molecular complexity index is 277. The molecular formula is C12H16O. The van der Waals surface area contributed by atoms with Gasteiger partial charge < -0.3 is 0 Å². The molecule has 0 amide bonds. The Balaban J connectivity index is 4.58. The van der Waals surface area contributed by atoms with Gasteiger partial charge in [-0.3, -0.25) is 4.79 Å². The maximum atomic E-state index is 11.0. The maximum Gasteiger partial charge on any atom is 0.178 e. The van der Waals surface area contributed by atoms with Crippen LogP contribution >= 0.6 is 0 Å². The van der Waals surface area contributed by atoms with Gasteiger partial charge in [-0.15, -0.1) is 0 Å². The van der Waals surface area contributed by atoms with Gasteiger partial charge in [0.2, 0.25) is 0 Å². The lowest BCUT2D eigenvalue weighted by Gasteiger charge is -1.97. The minimum atomic E-state index is -0.0503. The molecule has 0 bridgehead atoms. The van der Waals surface area contributed by atoms with Crippen LogP contribution in [0.5, 0.6) is 0 Å². The summed E-state index contributed by atoms with van der Waals surface area (Å²) in [6, 6.07) is 0. The molecule has 0 aromatic rings. The fourth-order valence-electron chi connectivity index (χ4n) is 0.758. The van der Waals surface area contributed by atoms with Crippen molar-refractivity contribution in [1.82, 2.24) is 0 Å². The number of ketones is 1. The molecule has 0 fully saturated rings.